The number of hydrogen-bond donors (Lipinski definition) is 2. The molecule has 0 saturated carbocycles. The highest BCUT2D eigenvalue weighted by Crippen LogP contribution is 2.25. The van der Waals surface area contributed by atoms with Gasteiger partial charge in [0, 0.05) is 5.69 Å². The monoisotopic (exact) mass is 308 g/mol. The van der Waals surface area contributed by atoms with Gasteiger partial charge in [0.05, 0.1) is 4.88 Å². The first-order chi connectivity index (χ1) is 10.7. The van der Waals surface area contributed by atoms with Gasteiger partial charge in [-0.2, -0.15) is 5.26 Å². The molecule has 2 aromatic heterocycles. The minimum Gasteiger partial charge on any atom is -0.326 e. The number of aromatic nitrogens is 2. The van der Waals surface area contributed by atoms with Gasteiger partial charge in [0.1, 0.15) is 17.3 Å². The maximum absolute atomic E-state index is 12.1. The second-order valence-corrected chi connectivity index (χ2v) is 5.67. The summed E-state index contributed by atoms with van der Waals surface area (Å²) >= 11 is 1.44. The summed E-state index contributed by atoms with van der Waals surface area (Å²) < 4.78 is 0. The predicted molar refractivity (Wildman–Crippen MR) is 87.3 cm³/mol. The Morgan fingerprint density at radius 2 is 2.05 bits per heavy atom. The lowest BCUT2D eigenvalue weighted by molar-refractivity contribution is 1.11. The van der Waals surface area contributed by atoms with Crippen molar-refractivity contribution in [2.45, 2.75) is 6.92 Å². The number of H-pyrrole nitrogens is 1. The summed E-state index contributed by atoms with van der Waals surface area (Å²) in [6, 6.07) is 13.3. The van der Waals surface area contributed by atoms with E-state index in [0.717, 1.165) is 16.1 Å². The zero-order valence-electron chi connectivity index (χ0n) is 11.8. The van der Waals surface area contributed by atoms with Gasteiger partial charge in [0.25, 0.3) is 5.56 Å². The number of nitrogens with zero attached hydrogens (tertiary/aromatic N) is 2. The minimum absolute atomic E-state index is 0.0249. The van der Waals surface area contributed by atoms with Crippen LogP contribution < -0.4 is 10.9 Å². The lowest BCUT2D eigenvalue weighted by Crippen LogP contribution is -2.15. The lowest BCUT2D eigenvalue weighted by atomic mass is 10.2. The summed E-state index contributed by atoms with van der Waals surface area (Å²) in [6.45, 7) is 2.00. The first kappa shape index (κ1) is 14.0. The molecule has 0 spiro atoms. The van der Waals surface area contributed by atoms with Crippen LogP contribution in [-0.4, -0.2) is 9.97 Å². The van der Waals surface area contributed by atoms with Crippen molar-refractivity contribution in [2.75, 3.05) is 5.32 Å². The number of anilines is 2. The van der Waals surface area contributed by atoms with Gasteiger partial charge in [-0.3, -0.25) is 9.78 Å². The summed E-state index contributed by atoms with van der Waals surface area (Å²) in [5.74, 6) is 0.316. The third-order valence-electron chi connectivity index (χ3n) is 3.10. The number of aryl methyl sites for hydroxylation is 1. The van der Waals surface area contributed by atoms with Crippen molar-refractivity contribution < 1.29 is 0 Å². The summed E-state index contributed by atoms with van der Waals surface area (Å²) in [6.07, 6.45) is 0. The molecule has 0 saturated heterocycles. The Morgan fingerprint density at radius 1 is 1.27 bits per heavy atom. The molecule has 5 nitrogen and oxygen atoms in total. The van der Waals surface area contributed by atoms with E-state index in [1.54, 1.807) is 0 Å². The molecule has 3 rings (SSSR count). The van der Waals surface area contributed by atoms with Crippen molar-refractivity contribution in [3.8, 4) is 16.6 Å². The number of benzene rings is 1. The summed E-state index contributed by atoms with van der Waals surface area (Å²) in [7, 11) is 0. The highest BCUT2D eigenvalue weighted by atomic mass is 32.1. The van der Waals surface area contributed by atoms with E-state index in [9.17, 15) is 10.1 Å². The highest BCUT2D eigenvalue weighted by Gasteiger charge is 2.14. The number of thiophene rings is 1. The average molecular weight is 308 g/mol. The molecule has 22 heavy (non-hydrogen) atoms. The molecule has 108 valence electrons. The van der Waals surface area contributed by atoms with Crippen LogP contribution in [0.3, 0.4) is 0 Å². The fraction of sp³-hybridized carbons (Fsp3) is 0.0625. The number of rotatable bonds is 3. The molecular weight excluding hydrogens is 296 g/mol. The van der Waals surface area contributed by atoms with Crippen LogP contribution in [0.15, 0.2) is 46.6 Å². The first-order valence-electron chi connectivity index (χ1n) is 6.59. The summed E-state index contributed by atoms with van der Waals surface area (Å²) in [4.78, 5) is 19.8. The Hall–Kier alpha value is -2.91. The Balaban J connectivity index is 2.05. The number of aromatic amines is 1. The van der Waals surface area contributed by atoms with Crippen molar-refractivity contribution >= 4 is 23.0 Å². The number of nitriles is 1. The van der Waals surface area contributed by atoms with E-state index in [4.69, 9.17) is 0 Å². The van der Waals surface area contributed by atoms with E-state index in [0.29, 0.717) is 11.6 Å². The summed E-state index contributed by atoms with van der Waals surface area (Å²) in [5.41, 5.74) is 1.94. The van der Waals surface area contributed by atoms with Crippen LogP contribution in [0.5, 0.6) is 0 Å². The Bertz CT molecular complexity index is 889. The van der Waals surface area contributed by atoms with Gasteiger partial charge in [0.15, 0.2) is 0 Å². The molecule has 0 radical (unpaired) electrons. The van der Waals surface area contributed by atoms with Crippen molar-refractivity contribution in [1.82, 2.24) is 9.97 Å². The highest BCUT2D eigenvalue weighted by molar-refractivity contribution is 7.13. The maximum Gasteiger partial charge on any atom is 0.270 e. The largest absolute Gasteiger partial charge is 0.326 e. The van der Waals surface area contributed by atoms with Crippen LogP contribution in [-0.2, 0) is 0 Å². The number of nitrogens with one attached hydrogen (secondary N) is 2. The Labute approximate surface area is 130 Å². The zero-order chi connectivity index (χ0) is 15.5. The van der Waals surface area contributed by atoms with E-state index in [2.05, 4.69) is 15.3 Å². The third-order valence-corrected chi connectivity index (χ3v) is 3.98. The lowest BCUT2D eigenvalue weighted by Gasteiger charge is -2.08. The summed E-state index contributed by atoms with van der Waals surface area (Å²) in [5, 5.41) is 14.1. The van der Waals surface area contributed by atoms with Gasteiger partial charge in [-0.15, -0.1) is 11.3 Å². The van der Waals surface area contributed by atoms with Crippen LogP contribution in [0, 0.1) is 18.3 Å². The molecule has 6 heteroatoms. The molecule has 3 aromatic rings. The standard InChI is InChI=1S/C16H12N4OS/c1-10-4-6-11(7-5-10)18-16-19-14(13-3-2-8-22-13)12(9-17)15(21)20-16/h2-8H,1H3,(H2,18,19,20,21). The number of hydrogen-bond acceptors (Lipinski definition) is 5. The predicted octanol–water partition coefficient (Wildman–Crippen LogP) is 3.42. The van der Waals surface area contributed by atoms with E-state index >= 15 is 0 Å². The molecule has 0 amide bonds. The Kier molecular flexibility index (Phi) is 3.73. The fourth-order valence-corrected chi connectivity index (χ4v) is 2.72. The minimum atomic E-state index is -0.449. The van der Waals surface area contributed by atoms with Gasteiger partial charge >= 0.3 is 0 Å². The molecule has 0 aliphatic carbocycles. The molecule has 2 N–H and O–H groups in total. The molecule has 1 aromatic carbocycles. The molecule has 0 bridgehead atoms. The molecule has 0 aliphatic heterocycles. The van der Waals surface area contributed by atoms with Crippen molar-refractivity contribution in [1.29, 1.82) is 5.26 Å². The molecule has 2 heterocycles. The smallest absolute Gasteiger partial charge is 0.270 e. The topological polar surface area (TPSA) is 81.6 Å². The average Bonchev–Trinajstić information content (AvgIpc) is 3.03. The fourth-order valence-electron chi connectivity index (χ4n) is 2.00. The van der Waals surface area contributed by atoms with Gasteiger partial charge in [-0.1, -0.05) is 23.8 Å². The SMILES string of the molecule is Cc1ccc(Nc2nc(-c3cccs3)c(C#N)c(=O)[nH]2)cc1. The van der Waals surface area contributed by atoms with Crippen LogP contribution in [0.4, 0.5) is 11.6 Å². The molecule has 0 fully saturated rings. The van der Waals surface area contributed by atoms with Crippen LogP contribution in [0.2, 0.25) is 0 Å². The van der Waals surface area contributed by atoms with E-state index in [1.165, 1.54) is 11.3 Å². The van der Waals surface area contributed by atoms with Crippen LogP contribution >= 0.6 is 11.3 Å². The van der Waals surface area contributed by atoms with Crippen LogP contribution in [0.1, 0.15) is 11.1 Å². The van der Waals surface area contributed by atoms with Crippen molar-refractivity contribution in [3.05, 3.63) is 63.3 Å². The molecular formula is C16H12N4OS. The maximum atomic E-state index is 12.1. The van der Waals surface area contributed by atoms with E-state index in [1.807, 2.05) is 54.8 Å². The van der Waals surface area contributed by atoms with Gasteiger partial charge in [0.2, 0.25) is 5.95 Å². The van der Waals surface area contributed by atoms with E-state index < -0.39 is 5.56 Å². The van der Waals surface area contributed by atoms with E-state index in [-0.39, 0.29) is 5.56 Å². The first-order valence-corrected chi connectivity index (χ1v) is 7.47. The molecule has 0 unspecified atom stereocenters. The van der Waals surface area contributed by atoms with Gasteiger partial charge in [-0.05, 0) is 30.5 Å². The van der Waals surface area contributed by atoms with Gasteiger partial charge < -0.3 is 5.32 Å². The van der Waals surface area contributed by atoms with Crippen LogP contribution in [0.25, 0.3) is 10.6 Å². The van der Waals surface area contributed by atoms with Crippen molar-refractivity contribution in [3.63, 3.8) is 0 Å². The molecule has 0 atom stereocenters. The Morgan fingerprint density at radius 3 is 2.68 bits per heavy atom. The second-order valence-electron chi connectivity index (χ2n) is 4.72. The van der Waals surface area contributed by atoms with Crippen molar-refractivity contribution in [2.24, 2.45) is 0 Å². The molecule has 0 aliphatic rings. The van der Waals surface area contributed by atoms with Gasteiger partial charge in [-0.25, -0.2) is 4.98 Å². The third kappa shape index (κ3) is 2.75. The quantitative estimate of drug-likeness (QED) is 0.776. The normalized spacial score (nSPS) is 10.2. The second kappa shape index (κ2) is 5.84. The zero-order valence-corrected chi connectivity index (χ0v) is 12.6.